The number of hydrogen-bond acceptors (Lipinski definition) is 5. The first kappa shape index (κ1) is 22.8. The minimum atomic E-state index is -3.56. The largest absolute Gasteiger partial charge is 0.379 e. The van der Waals surface area contributed by atoms with Gasteiger partial charge in [-0.3, -0.25) is 9.69 Å². The molecule has 0 spiro atoms. The fraction of sp³-hybridized carbons (Fsp3) is 0.650. The highest BCUT2D eigenvalue weighted by molar-refractivity contribution is 7.89. The first-order chi connectivity index (χ1) is 13.2. The Morgan fingerprint density at radius 2 is 1.71 bits per heavy atom. The van der Waals surface area contributed by atoms with Crippen molar-refractivity contribution in [3.8, 4) is 0 Å². The van der Waals surface area contributed by atoms with Crippen molar-refractivity contribution in [1.29, 1.82) is 0 Å². The van der Waals surface area contributed by atoms with E-state index in [1.165, 1.54) is 12.1 Å². The summed E-state index contributed by atoms with van der Waals surface area (Å²) in [5, 5.41) is 3.01. The number of rotatable bonds is 9. The van der Waals surface area contributed by atoms with E-state index in [1.54, 1.807) is 26.0 Å². The molecule has 2 N–H and O–H groups in total. The van der Waals surface area contributed by atoms with Crippen LogP contribution in [0.1, 0.15) is 44.5 Å². The van der Waals surface area contributed by atoms with Crippen molar-refractivity contribution in [3.63, 3.8) is 0 Å². The van der Waals surface area contributed by atoms with Gasteiger partial charge >= 0.3 is 0 Å². The van der Waals surface area contributed by atoms with Crippen molar-refractivity contribution in [2.24, 2.45) is 5.92 Å². The number of morpholine rings is 1. The Balaban J connectivity index is 1.98. The molecule has 0 bridgehead atoms. The minimum absolute atomic E-state index is 0.156. The van der Waals surface area contributed by atoms with Gasteiger partial charge in [-0.05, 0) is 50.5 Å². The van der Waals surface area contributed by atoms with Crippen LogP contribution in [-0.4, -0.2) is 64.2 Å². The van der Waals surface area contributed by atoms with Crippen molar-refractivity contribution in [2.45, 2.75) is 51.1 Å². The smallest absolute Gasteiger partial charge is 0.251 e. The van der Waals surface area contributed by atoms with Crippen molar-refractivity contribution in [1.82, 2.24) is 14.9 Å². The van der Waals surface area contributed by atoms with Crippen molar-refractivity contribution in [3.05, 3.63) is 29.8 Å². The Morgan fingerprint density at radius 3 is 2.25 bits per heavy atom. The highest BCUT2D eigenvalue weighted by Gasteiger charge is 2.23. The van der Waals surface area contributed by atoms with Gasteiger partial charge in [0.15, 0.2) is 0 Å². The molecule has 1 unspecified atom stereocenters. The second kappa shape index (κ2) is 10.3. The second-order valence-corrected chi connectivity index (χ2v) is 9.66. The Morgan fingerprint density at radius 1 is 1.11 bits per heavy atom. The molecule has 1 aliphatic rings. The molecule has 0 aromatic heterocycles. The zero-order valence-corrected chi connectivity index (χ0v) is 18.1. The predicted octanol–water partition coefficient (Wildman–Crippen LogP) is 1.85. The standard InChI is InChI=1S/C20H33N3O4S/c1-15(2)13-18(23-9-11-27-12-10-23)14-21-20(24)17-5-7-19(8-6-17)28(25,26)22-16(3)4/h5-8,15-16,18,22H,9-14H2,1-4H3,(H,21,24). The molecule has 0 aliphatic carbocycles. The van der Waals surface area contributed by atoms with Gasteiger partial charge in [-0.15, -0.1) is 0 Å². The van der Waals surface area contributed by atoms with Crippen LogP contribution in [0, 0.1) is 5.92 Å². The molecule has 1 atom stereocenters. The predicted molar refractivity (Wildman–Crippen MR) is 110 cm³/mol. The molecule has 7 nitrogen and oxygen atoms in total. The Bertz CT molecular complexity index is 726. The lowest BCUT2D eigenvalue weighted by Gasteiger charge is -2.35. The van der Waals surface area contributed by atoms with Gasteiger partial charge < -0.3 is 10.1 Å². The normalized spacial score (nSPS) is 17.1. The molecule has 28 heavy (non-hydrogen) atoms. The number of sulfonamides is 1. The maximum Gasteiger partial charge on any atom is 0.251 e. The lowest BCUT2D eigenvalue weighted by atomic mass is 10.0. The topological polar surface area (TPSA) is 87.7 Å². The zero-order valence-electron chi connectivity index (χ0n) is 17.3. The fourth-order valence-electron chi connectivity index (χ4n) is 3.32. The Labute approximate surface area is 168 Å². The van der Waals surface area contributed by atoms with E-state index in [0.29, 0.717) is 18.0 Å². The quantitative estimate of drug-likeness (QED) is 0.648. The van der Waals surface area contributed by atoms with Gasteiger partial charge in [-0.25, -0.2) is 13.1 Å². The van der Waals surface area contributed by atoms with E-state index in [-0.39, 0.29) is 22.9 Å². The van der Waals surface area contributed by atoms with Crippen LogP contribution in [0.2, 0.25) is 0 Å². The highest BCUT2D eigenvalue weighted by atomic mass is 32.2. The molecular formula is C20H33N3O4S. The summed E-state index contributed by atoms with van der Waals surface area (Å²) in [6, 6.07) is 6.11. The zero-order chi connectivity index (χ0) is 20.7. The van der Waals surface area contributed by atoms with Crippen LogP contribution in [0.15, 0.2) is 29.2 Å². The molecule has 1 heterocycles. The molecule has 1 amide bonds. The van der Waals surface area contributed by atoms with E-state index in [0.717, 1.165) is 32.7 Å². The third-order valence-electron chi connectivity index (χ3n) is 4.62. The highest BCUT2D eigenvalue weighted by Crippen LogP contribution is 2.14. The van der Waals surface area contributed by atoms with Gasteiger partial charge in [-0.2, -0.15) is 0 Å². The van der Waals surface area contributed by atoms with Crippen LogP contribution in [-0.2, 0) is 14.8 Å². The second-order valence-electron chi connectivity index (χ2n) is 7.94. The van der Waals surface area contributed by atoms with Gasteiger partial charge in [0.05, 0.1) is 18.1 Å². The van der Waals surface area contributed by atoms with Crippen LogP contribution in [0.3, 0.4) is 0 Å². The average Bonchev–Trinajstić information content (AvgIpc) is 2.64. The summed E-state index contributed by atoms with van der Waals surface area (Å²) in [4.78, 5) is 15.1. The first-order valence-electron chi connectivity index (χ1n) is 9.91. The first-order valence-corrected chi connectivity index (χ1v) is 11.4. The van der Waals surface area contributed by atoms with Gasteiger partial charge in [-0.1, -0.05) is 13.8 Å². The summed E-state index contributed by atoms with van der Waals surface area (Å²) in [5.74, 6) is 0.338. The fourth-order valence-corrected chi connectivity index (χ4v) is 4.58. The lowest BCUT2D eigenvalue weighted by Crippen LogP contribution is -2.49. The molecule has 1 fully saturated rings. The van der Waals surface area contributed by atoms with Crippen LogP contribution < -0.4 is 10.0 Å². The van der Waals surface area contributed by atoms with E-state index in [2.05, 4.69) is 28.8 Å². The Kier molecular flexibility index (Phi) is 8.42. The summed E-state index contributed by atoms with van der Waals surface area (Å²) in [5.41, 5.74) is 0.453. The molecule has 8 heteroatoms. The molecule has 1 saturated heterocycles. The number of carbonyl (C=O) groups is 1. The third-order valence-corrected chi connectivity index (χ3v) is 6.30. The SMILES string of the molecule is CC(C)CC(CNC(=O)c1ccc(S(=O)(=O)NC(C)C)cc1)N1CCOCC1. The summed E-state index contributed by atoms with van der Waals surface area (Å²) >= 11 is 0. The van der Waals surface area contributed by atoms with Gasteiger partial charge in [0, 0.05) is 37.3 Å². The van der Waals surface area contributed by atoms with Crippen LogP contribution >= 0.6 is 0 Å². The molecule has 158 valence electrons. The number of amides is 1. The van der Waals surface area contributed by atoms with E-state index < -0.39 is 10.0 Å². The van der Waals surface area contributed by atoms with Crippen molar-refractivity contribution >= 4 is 15.9 Å². The van der Waals surface area contributed by atoms with Gasteiger partial charge in [0.25, 0.3) is 5.91 Å². The van der Waals surface area contributed by atoms with E-state index in [1.807, 2.05) is 0 Å². The number of hydrogen-bond donors (Lipinski definition) is 2. The van der Waals surface area contributed by atoms with E-state index in [4.69, 9.17) is 4.74 Å². The Hall–Kier alpha value is -1.48. The van der Waals surface area contributed by atoms with Crippen LogP contribution in [0.5, 0.6) is 0 Å². The maximum absolute atomic E-state index is 12.5. The van der Waals surface area contributed by atoms with Gasteiger partial charge in [0.1, 0.15) is 0 Å². The average molecular weight is 412 g/mol. The molecule has 2 rings (SSSR count). The van der Waals surface area contributed by atoms with Crippen molar-refractivity contribution in [2.75, 3.05) is 32.8 Å². The van der Waals surface area contributed by atoms with E-state index >= 15 is 0 Å². The van der Waals surface area contributed by atoms with E-state index in [9.17, 15) is 13.2 Å². The van der Waals surface area contributed by atoms with Crippen molar-refractivity contribution < 1.29 is 17.9 Å². The van der Waals surface area contributed by atoms with Crippen LogP contribution in [0.25, 0.3) is 0 Å². The summed E-state index contributed by atoms with van der Waals surface area (Å²) < 4.78 is 32.3. The number of carbonyl (C=O) groups excluding carboxylic acids is 1. The maximum atomic E-state index is 12.5. The van der Waals surface area contributed by atoms with Gasteiger partial charge in [0.2, 0.25) is 10.0 Å². The summed E-state index contributed by atoms with van der Waals surface area (Å²) in [7, 11) is -3.56. The lowest BCUT2D eigenvalue weighted by molar-refractivity contribution is 0.0124. The number of ether oxygens (including phenoxy) is 1. The molecule has 1 aromatic carbocycles. The molecule has 0 radical (unpaired) electrons. The molecular weight excluding hydrogens is 378 g/mol. The number of nitrogens with zero attached hydrogens (tertiary/aromatic N) is 1. The number of benzene rings is 1. The molecule has 1 aromatic rings. The monoisotopic (exact) mass is 411 g/mol. The third kappa shape index (κ3) is 6.84. The molecule has 1 aliphatic heterocycles. The number of nitrogens with one attached hydrogen (secondary N) is 2. The summed E-state index contributed by atoms with van der Waals surface area (Å²) in [6.45, 7) is 11.7. The summed E-state index contributed by atoms with van der Waals surface area (Å²) in [6.07, 6.45) is 0.998. The van der Waals surface area contributed by atoms with Crippen LogP contribution in [0.4, 0.5) is 0 Å². The minimum Gasteiger partial charge on any atom is -0.379 e. The molecule has 0 saturated carbocycles.